The van der Waals surface area contributed by atoms with E-state index in [1.807, 2.05) is 6.07 Å². The molecule has 1 atom stereocenters. The van der Waals surface area contributed by atoms with Crippen LogP contribution >= 0.6 is 15.9 Å². The van der Waals surface area contributed by atoms with Gasteiger partial charge in [0.1, 0.15) is 5.52 Å². The van der Waals surface area contributed by atoms with E-state index in [2.05, 4.69) is 43.1 Å². The zero-order valence-electron chi connectivity index (χ0n) is 10.6. The van der Waals surface area contributed by atoms with E-state index in [9.17, 15) is 5.11 Å². The summed E-state index contributed by atoms with van der Waals surface area (Å²) >= 11 is 3.35. The largest absolute Gasteiger partial charge is 0.394 e. The van der Waals surface area contributed by atoms with Gasteiger partial charge in [0, 0.05) is 10.7 Å². The summed E-state index contributed by atoms with van der Waals surface area (Å²) in [5.41, 5.74) is 7.01. The number of fused-ring (bicyclic) bond motifs is 1. The Kier molecular flexibility index (Phi) is 4.49. The van der Waals surface area contributed by atoms with Gasteiger partial charge in [-0.3, -0.25) is 0 Å². The molecule has 2 rings (SSSR count). The number of nitrogens with two attached hydrogens (primary N) is 1. The number of pyridine rings is 1. The fraction of sp³-hybridized carbons (Fsp3) is 0.417. The molecule has 2 aromatic heterocycles. The number of aromatic nitrogens is 3. The van der Waals surface area contributed by atoms with Crippen molar-refractivity contribution in [3.63, 3.8) is 0 Å². The van der Waals surface area contributed by atoms with Crippen LogP contribution in [0.15, 0.2) is 16.7 Å². The van der Waals surface area contributed by atoms with Gasteiger partial charge in [-0.05, 0) is 28.4 Å². The van der Waals surface area contributed by atoms with Crippen LogP contribution < -0.4 is 11.1 Å². The molecule has 0 spiro atoms. The molecule has 0 saturated carbocycles. The molecule has 0 aliphatic rings. The fourth-order valence-corrected chi connectivity index (χ4v) is 2.18. The molecule has 0 bridgehead atoms. The first kappa shape index (κ1) is 14.0. The molecule has 2 heterocycles. The first-order chi connectivity index (χ1) is 9.13. The maximum atomic E-state index is 9.34. The lowest BCUT2D eigenvalue weighted by Crippen LogP contribution is -2.24. The molecule has 7 heteroatoms. The van der Waals surface area contributed by atoms with Gasteiger partial charge in [0.15, 0.2) is 5.82 Å². The fourth-order valence-electron chi connectivity index (χ4n) is 1.86. The molecule has 0 saturated heterocycles. The van der Waals surface area contributed by atoms with Gasteiger partial charge < -0.3 is 16.2 Å². The van der Waals surface area contributed by atoms with Gasteiger partial charge in [0.05, 0.1) is 18.2 Å². The Hall–Kier alpha value is -1.47. The lowest BCUT2D eigenvalue weighted by molar-refractivity contribution is 0.268. The average molecular weight is 326 g/mol. The minimum Gasteiger partial charge on any atom is -0.394 e. The zero-order chi connectivity index (χ0) is 13.8. The van der Waals surface area contributed by atoms with Crippen LogP contribution in [0.4, 0.5) is 11.8 Å². The summed E-state index contributed by atoms with van der Waals surface area (Å²) in [6.45, 7) is 2.10. The van der Waals surface area contributed by atoms with Crippen LogP contribution in [-0.2, 0) is 0 Å². The monoisotopic (exact) mass is 325 g/mol. The molecule has 102 valence electrons. The van der Waals surface area contributed by atoms with E-state index in [1.165, 1.54) is 0 Å². The number of hydrogen-bond acceptors (Lipinski definition) is 6. The van der Waals surface area contributed by atoms with E-state index in [-0.39, 0.29) is 18.6 Å². The van der Waals surface area contributed by atoms with E-state index in [0.717, 1.165) is 17.3 Å². The smallest absolute Gasteiger partial charge is 0.222 e. The van der Waals surface area contributed by atoms with Crippen LogP contribution in [0, 0.1) is 0 Å². The second kappa shape index (κ2) is 6.12. The summed E-state index contributed by atoms with van der Waals surface area (Å²) < 4.78 is 0.830. The van der Waals surface area contributed by atoms with Crippen molar-refractivity contribution in [3.05, 3.63) is 16.7 Å². The predicted octanol–water partition coefficient (Wildman–Crippen LogP) is 1.94. The van der Waals surface area contributed by atoms with Gasteiger partial charge in [0.2, 0.25) is 5.95 Å². The van der Waals surface area contributed by atoms with Gasteiger partial charge in [-0.25, -0.2) is 9.97 Å². The average Bonchev–Trinajstić information content (AvgIpc) is 2.37. The maximum absolute atomic E-state index is 9.34. The van der Waals surface area contributed by atoms with Crippen LogP contribution in [0.3, 0.4) is 0 Å². The molecule has 0 amide bonds. The van der Waals surface area contributed by atoms with Gasteiger partial charge in [-0.15, -0.1) is 0 Å². The van der Waals surface area contributed by atoms with Gasteiger partial charge in [0.25, 0.3) is 0 Å². The molecular formula is C12H16BrN5O. The zero-order valence-corrected chi connectivity index (χ0v) is 12.2. The second-order valence-electron chi connectivity index (χ2n) is 4.26. The highest BCUT2D eigenvalue weighted by Crippen LogP contribution is 2.22. The summed E-state index contributed by atoms with van der Waals surface area (Å²) in [6, 6.07) is 1.77. The van der Waals surface area contributed by atoms with Crippen molar-refractivity contribution in [1.29, 1.82) is 0 Å². The third-order valence-electron chi connectivity index (χ3n) is 2.72. The number of hydrogen-bond donors (Lipinski definition) is 3. The summed E-state index contributed by atoms with van der Waals surface area (Å²) in [5.74, 6) is 0.741. The van der Waals surface area contributed by atoms with Crippen molar-refractivity contribution < 1.29 is 5.11 Å². The normalized spacial score (nSPS) is 12.6. The first-order valence-corrected chi connectivity index (χ1v) is 6.89. The Bertz CT molecular complexity index is 572. The highest BCUT2D eigenvalue weighted by molar-refractivity contribution is 9.10. The molecule has 4 N–H and O–H groups in total. The number of anilines is 2. The highest BCUT2D eigenvalue weighted by atomic mass is 79.9. The summed E-state index contributed by atoms with van der Waals surface area (Å²) in [6.07, 6.45) is 3.50. The van der Waals surface area contributed by atoms with Crippen LogP contribution in [-0.4, -0.2) is 32.7 Å². The van der Waals surface area contributed by atoms with E-state index in [4.69, 9.17) is 5.73 Å². The Morgan fingerprint density at radius 3 is 2.95 bits per heavy atom. The lowest BCUT2D eigenvalue weighted by atomic mass is 10.2. The Labute approximate surface area is 119 Å². The number of nitrogens with one attached hydrogen (secondary N) is 1. The molecule has 6 nitrogen and oxygen atoms in total. The Morgan fingerprint density at radius 2 is 2.26 bits per heavy atom. The summed E-state index contributed by atoms with van der Waals surface area (Å²) in [4.78, 5) is 12.6. The van der Waals surface area contributed by atoms with Crippen molar-refractivity contribution in [2.24, 2.45) is 0 Å². The van der Waals surface area contributed by atoms with Gasteiger partial charge in [-0.1, -0.05) is 13.3 Å². The SMILES string of the molecule is CCCC(CO)Nc1nc(N)nc2cc(Br)cnc12. The van der Waals surface area contributed by atoms with Crippen molar-refractivity contribution in [1.82, 2.24) is 15.0 Å². The number of halogens is 1. The number of nitrogens with zero attached hydrogens (tertiary/aromatic N) is 3. The minimum atomic E-state index is -0.0621. The van der Waals surface area contributed by atoms with Crippen LogP contribution in [0.1, 0.15) is 19.8 Å². The number of nitrogen functional groups attached to an aromatic ring is 1. The van der Waals surface area contributed by atoms with E-state index in [1.54, 1.807) is 6.20 Å². The summed E-state index contributed by atoms with van der Waals surface area (Å²) in [7, 11) is 0. The van der Waals surface area contributed by atoms with Crippen molar-refractivity contribution in [2.75, 3.05) is 17.7 Å². The van der Waals surface area contributed by atoms with Crippen molar-refractivity contribution in [3.8, 4) is 0 Å². The molecule has 0 aliphatic heterocycles. The third-order valence-corrected chi connectivity index (χ3v) is 3.15. The van der Waals surface area contributed by atoms with Crippen LogP contribution in [0.25, 0.3) is 11.0 Å². The molecule has 1 unspecified atom stereocenters. The second-order valence-corrected chi connectivity index (χ2v) is 5.18. The summed E-state index contributed by atoms with van der Waals surface area (Å²) in [5, 5.41) is 12.5. The molecule has 0 aliphatic carbocycles. The molecule has 0 fully saturated rings. The molecule has 0 radical (unpaired) electrons. The number of rotatable bonds is 5. The topological polar surface area (TPSA) is 97.0 Å². The lowest BCUT2D eigenvalue weighted by Gasteiger charge is -2.17. The first-order valence-electron chi connectivity index (χ1n) is 6.10. The number of aliphatic hydroxyl groups is 1. The molecule has 2 aromatic rings. The van der Waals surface area contributed by atoms with Crippen LogP contribution in [0.2, 0.25) is 0 Å². The quantitative estimate of drug-likeness (QED) is 0.777. The van der Waals surface area contributed by atoms with Crippen molar-refractivity contribution >= 4 is 38.7 Å². The Morgan fingerprint density at radius 1 is 1.47 bits per heavy atom. The molecule has 19 heavy (non-hydrogen) atoms. The predicted molar refractivity (Wildman–Crippen MR) is 78.8 cm³/mol. The molecule has 0 aromatic carbocycles. The minimum absolute atomic E-state index is 0.0375. The van der Waals surface area contributed by atoms with E-state index < -0.39 is 0 Å². The Balaban J connectivity index is 2.41. The van der Waals surface area contributed by atoms with Crippen LogP contribution in [0.5, 0.6) is 0 Å². The highest BCUT2D eigenvalue weighted by Gasteiger charge is 2.12. The van der Waals surface area contributed by atoms with Gasteiger partial charge >= 0.3 is 0 Å². The van der Waals surface area contributed by atoms with Gasteiger partial charge in [-0.2, -0.15) is 4.98 Å². The number of aliphatic hydroxyl groups excluding tert-OH is 1. The van der Waals surface area contributed by atoms with E-state index >= 15 is 0 Å². The maximum Gasteiger partial charge on any atom is 0.222 e. The third kappa shape index (κ3) is 3.30. The molecular weight excluding hydrogens is 310 g/mol. The van der Waals surface area contributed by atoms with E-state index in [0.29, 0.717) is 16.9 Å². The van der Waals surface area contributed by atoms with Crippen molar-refractivity contribution in [2.45, 2.75) is 25.8 Å². The standard InChI is InChI=1S/C12H16BrN5O/c1-2-3-8(6-19)16-11-10-9(17-12(14)18-11)4-7(13)5-15-10/h4-5,8,19H,2-3,6H2,1H3,(H3,14,16,17,18).